The van der Waals surface area contributed by atoms with Crippen molar-refractivity contribution in [3.63, 3.8) is 0 Å². The predicted octanol–water partition coefficient (Wildman–Crippen LogP) is 7.10. The highest BCUT2D eigenvalue weighted by Gasteiger charge is 2.13. The van der Waals surface area contributed by atoms with Crippen LogP contribution in [0.15, 0.2) is 77.8 Å². The molecule has 0 saturated carbocycles. The molecule has 0 heterocycles. The first-order valence-electron chi connectivity index (χ1n) is 11.4. The molecule has 0 N–H and O–H groups in total. The lowest BCUT2D eigenvalue weighted by Crippen LogP contribution is -2.27. The predicted molar refractivity (Wildman–Crippen MR) is 141 cm³/mol. The Morgan fingerprint density at radius 2 is 1.24 bits per heavy atom. The van der Waals surface area contributed by atoms with Gasteiger partial charge in [-0.15, -0.1) is 0 Å². The van der Waals surface area contributed by atoms with Crippen LogP contribution in [0.1, 0.15) is 36.5 Å². The van der Waals surface area contributed by atoms with E-state index in [-0.39, 0.29) is 0 Å². The standard InChI is InChI=1S/C28H34N2O2S/c1-5-6-7-22-8-14-25(15-9-22)29-28(33-4)30(20-23-10-16-26(31-2)17-11-23)21-24-12-18-27(32-3)19-13-24/h8-19H,5-7,20-21H2,1-4H3. The maximum absolute atomic E-state index is 5.32. The van der Waals surface area contributed by atoms with Gasteiger partial charge >= 0.3 is 0 Å². The van der Waals surface area contributed by atoms with Gasteiger partial charge in [-0.2, -0.15) is 0 Å². The minimum atomic E-state index is 0.754. The largest absolute Gasteiger partial charge is 0.497 e. The van der Waals surface area contributed by atoms with Crippen LogP contribution in [0, 0.1) is 0 Å². The molecule has 3 aromatic rings. The number of ether oxygens (including phenoxy) is 2. The fourth-order valence-electron chi connectivity index (χ4n) is 3.57. The van der Waals surface area contributed by atoms with E-state index in [2.05, 4.69) is 66.6 Å². The molecular weight excluding hydrogens is 428 g/mol. The Bertz CT molecular complexity index is 950. The molecule has 33 heavy (non-hydrogen) atoms. The van der Waals surface area contributed by atoms with Crippen LogP contribution in [0.5, 0.6) is 11.5 Å². The molecule has 0 atom stereocenters. The summed E-state index contributed by atoms with van der Waals surface area (Å²) in [6.45, 7) is 3.73. The molecule has 0 aliphatic rings. The Hall–Kier alpha value is -2.92. The number of hydrogen-bond donors (Lipinski definition) is 0. The van der Waals surface area contributed by atoms with Gasteiger partial charge in [-0.3, -0.25) is 0 Å². The fraction of sp³-hybridized carbons (Fsp3) is 0.321. The van der Waals surface area contributed by atoms with Crippen LogP contribution in [-0.4, -0.2) is 30.5 Å². The van der Waals surface area contributed by atoms with E-state index in [9.17, 15) is 0 Å². The van der Waals surface area contributed by atoms with Gasteiger partial charge in [0.2, 0.25) is 0 Å². The van der Waals surface area contributed by atoms with E-state index in [1.54, 1.807) is 26.0 Å². The van der Waals surface area contributed by atoms with Gasteiger partial charge in [-0.25, -0.2) is 4.99 Å². The lowest BCUT2D eigenvalue weighted by molar-refractivity contribution is 0.405. The first-order chi connectivity index (χ1) is 16.1. The smallest absolute Gasteiger partial charge is 0.164 e. The quantitative estimate of drug-likeness (QED) is 0.238. The number of aliphatic imine (C=N–C) groups is 1. The van der Waals surface area contributed by atoms with Crippen LogP contribution in [0.3, 0.4) is 0 Å². The van der Waals surface area contributed by atoms with Gasteiger partial charge in [0.15, 0.2) is 5.17 Å². The van der Waals surface area contributed by atoms with Crippen LogP contribution in [-0.2, 0) is 19.5 Å². The van der Waals surface area contributed by atoms with Crippen LogP contribution < -0.4 is 9.47 Å². The van der Waals surface area contributed by atoms with Crippen molar-refractivity contribution >= 4 is 22.6 Å². The highest BCUT2D eigenvalue weighted by Crippen LogP contribution is 2.23. The van der Waals surface area contributed by atoms with Gasteiger partial charge in [0.1, 0.15) is 11.5 Å². The Labute approximate surface area is 202 Å². The summed E-state index contributed by atoms with van der Waals surface area (Å²) in [5, 5.41) is 0.989. The number of benzene rings is 3. The zero-order chi connectivity index (χ0) is 23.5. The number of rotatable bonds is 10. The van der Waals surface area contributed by atoms with E-state index in [0.29, 0.717) is 0 Å². The van der Waals surface area contributed by atoms with E-state index in [1.807, 2.05) is 24.3 Å². The zero-order valence-electron chi connectivity index (χ0n) is 20.1. The number of methoxy groups -OCH3 is 2. The topological polar surface area (TPSA) is 34.1 Å². The van der Waals surface area contributed by atoms with Crippen molar-refractivity contribution in [3.8, 4) is 11.5 Å². The first-order valence-corrected chi connectivity index (χ1v) is 12.6. The molecule has 0 amide bonds. The minimum Gasteiger partial charge on any atom is -0.497 e. The molecule has 0 spiro atoms. The molecule has 0 radical (unpaired) electrons. The average Bonchev–Trinajstić information content (AvgIpc) is 2.87. The average molecular weight is 463 g/mol. The van der Waals surface area contributed by atoms with Gasteiger partial charge in [0.25, 0.3) is 0 Å². The van der Waals surface area contributed by atoms with Gasteiger partial charge in [0, 0.05) is 13.1 Å². The van der Waals surface area contributed by atoms with Crippen molar-refractivity contribution in [2.24, 2.45) is 4.99 Å². The van der Waals surface area contributed by atoms with Crippen molar-refractivity contribution in [3.05, 3.63) is 89.5 Å². The molecule has 0 aromatic heterocycles. The second-order valence-corrected chi connectivity index (χ2v) is 8.69. The molecular formula is C28H34N2O2S. The molecule has 174 valence electrons. The van der Waals surface area contributed by atoms with E-state index in [1.165, 1.54) is 29.5 Å². The molecule has 4 nitrogen and oxygen atoms in total. The summed E-state index contributed by atoms with van der Waals surface area (Å²) in [6, 6.07) is 25.1. The number of nitrogens with zero attached hydrogens (tertiary/aromatic N) is 2. The summed E-state index contributed by atoms with van der Waals surface area (Å²) in [7, 11) is 3.38. The SMILES string of the molecule is CCCCc1ccc(N=C(SC)N(Cc2ccc(OC)cc2)Cc2ccc(OC)cc2)cc1. The highest BCUT2D eigenvalue weighted by atomic mass is 32.2. The summed E-state index contributed by atoms with van der Waals surface area (Å²) < 4.78 is 10.6. The molecule has 0 saturated heterocycles. The molecule has 5 heteroatoms. The molecule has 0 unspecified atom stereocenters. The molecule has 0 bridgehead atoms. The van der Waals surface area contributed by atoms with Gasteiger partial charge in [-0.1, -0.05) is 61.5 Å². The van der Waals surface area contributed by atoms with Crippen LogP contribution in [0.25, 0.3) is 0 Å². The minimum absolute atomic E-state index is 0.754. The van der Waals surface area contributed by atoms with Crippen molar-refractivity contribution in [2.45, 2.75) is 39.3 Å². The van der Waals surface area contributed by atoms with E-state index >= 15 is 0 Å². The number of aryl methyl sites for hydroxylation is 1. The number of hydrogen-bond acceptors (Lipinski definition) is 4. The van der Waals surface area contributed by atoms with Gasteiger partial charge < -0.3 is 14.4 Å². The molecule has 3 aromatic carbocycles. The number of thioether (sulfide) groups is 1. The third-order valence-electron chi connectivity index (χ3n) is 5.50. The third-order valence-corrected chi connectivity index (χ3v) is 6.21. The second-order valence-electron chi connectivity index (χ2n) is 7.92. The van der Waals surface area contributed by atoms with Crippen molar-refractivity contribution in [1.29, 1.82) is 0 Å². The Morgan fingerprint density at radius 1 is 0.758 bits per heavy atom. The Morgan fingerprint density at radius 3 is 1.67 bits per heavy atom. The molecule has 0 fully saturated rings. The highest BCUT2D eigenvalue weighted by molar-refractivity contribution is 8.13. The van der Waals surface area contributed by atoms with Crippen molar-refractivity contribution in [1.82, 2.24) is 4.90 Å². The maximum Gasteiger partial charge on any atom is 0.164 e. The van der Waals surface area contributed by atoms with E-state index in [0.717, 1.165) is 41.9 Å². The molecule has 3 rings (SSSR count). The zero-order valence-corrected chi connectivity index (χ0v) is 20.9. The maximum atomic E-state index is 5.32. The van der Waals surface area contributed by atoms with Crippen molar-refractivity contribution < 1.29 is 9.47 Å². The fourth-order valence-corrected chi connectivity index (χ4v) is 4.15. The van der Waals surface area contributed by atoms with Crippen molar-refractivity contribution in [2.75, 3.05) is 20.5 Å². The Balaban J connectivity index is 1.85. The number of amidine groups is 1. The number of unbranched alkanes of at least 4 members (excludes halogenated alkanes) is 1. The normalized spacial score (nSPS) is 11.3. The van der Waals surface area contributed by atoms with E-state index < -0.39 is 0 Å². The summed E-state index contributed by atoms with van der Waals surface area (Å²) in [5.41, 5.74) is 4.77. The summed E-state index contributed by atoms with van der Waals surface area (Å²) >= 11 is 1.67. The second kappa shape index (κ2) is 12.9. The summed E-state index contributed by atoms with van der Waals surface area (Å²) in [6.07, 6.45) is 5.64. The van der Waals surface area contributed by atoms with E-state index in [4.69, 9.17) is 14.5 Å². The lowest BCUT2D eigenvalue weighted by Gasteiger charge is -2.26. The van der Waals surface area contributed by atoms with Gasteiger partial charge in [-0.05, 0) is 72.2 Å². The lowest BCUT2D eigenvalue weighted by atomic mass is 10.1. The molecule has 0 aliphatic heterocycles. The monoisotopic (exact) mass is 462 g/mol. The molecule has 0 aliphatic carbocycles. The summed E-state index contributed by atoms with van der Waals surface area (Å²) in [4.78, 5) is 7.33. The van der Waals surface area contributed by atoms with Crippen LogP contribution in [0.4, 0.5) is 5.69 Å². The van der Waals surface area contributed by atoms with Crippen LogP contribution >= 0.6 is 11.8 Å². The summed E-state index contributed by atoms with van der Waals surface area (Å²) in [5.74, 6) is 1.73. The third kappa shape index (κ3) is 7.57. The Kier molecular flexibility index (Phi) is 9.70. The first kappa shape index (κ1) is 24.7. The van der Waals surface area contributed by atoms with Gasteiger partial charge in [0.05, 0.1) is 19.9 Å². The van der Waals surface area contributed by atoms with Crippen LogP contribution in [0.2, 0.25) is 0 Å².